The van der Waals surface area contributed by atoms with Crippen LogP contribution in [0.15, 0.2) is 22.8 Å². The second-order valence-electron chi connectivity index (χ2n) is 4.88. The fourth-order valence-corrected chi connectivity index (χ4v) is 1.70. The van der Waals surface area contributed by atoms with Gasteiger partial charge in [0, 0.05) is 19.5 Å². The van der Waals surface area contributed by atoms with Crippen molar-refractivity contribution in [1.29, 1.82) is 0 Å². The SMILES string of the molecule is CCC(NCCC(=O)NCC(C)C)c1ccco1. The third kappa shape index (κ3) is 5.36. The van der Waals surface area contributed by atoms with E-state index >= 15 is 0 Å². The maximum absolute atomic E-state index is 11.5. The molecule has 1 aromatic rings. The quantitative estimate of drug-likeness (QED) is 0.747. The molecule has 0 radical (unpaired) electrons. The molecule has 0 saturated heterocycles. The Balaban J connectivity index is 2.22. The van der Waals surface area contributed by atoms with E-state index in [9.17, 15) is 4.79 Å². The van der Waals surface area contributed by atoms with Crippen molar-refractivity contribution in [3.63, 3.8) is 0 Å². The largest absolute Gasteiger partial charge is 0.468 e. The maximum Gasteiger partial charge on any atom is 0.221 e. The first kappa shape index (κ1) is 14.8. The zero-order chi connectivity index (χ0) is 13.4. The van der Waals surface area contributed by atoms with Crippen molar-refractivity contribution in [3.05, 3.63) is 24.2 Å². The highest BCUT2D eigenvalue weighted by molar-refractivity contribution is 5.76. The smallest absolute Gasteiger partial charge is 0.221 e. The lowest BCUT2D eigenvalue weighted by Crippen LogP contribution is -2.31. The molecule has 1 amide bonds. The molecule has 0 fully saturated rings. The van der Waals surface area contributed by atoms with E-state index in [0.29, 0.717) is 18.9 Å². The van der Waals surface area contributed by atoms with Crippen LogP contribution in [0, 0.1) is 5.92 Å². The van der Waals surface area contributed by atoms with Gasteiger partial charge in [-0.25, -0.2) is 0 Å². The fourth-order valence-electron chi connectivity index (χ4n) is 1.70. The lowest BCUT2D eigenvalue weighted by Gasteiger charge is -2.14. The number of carbonyl (C=O) groups is 1. The molecule has 0 aliphatic carbocycles. The molecule has 1 atom stereocenters. The molecular weight excluding hydrogens is 228 g/mol. The van der Waals surface area contributed by atoms with Crippen LogP contribution in [0.3, 0.4) is 0 Å². The van der Waals surface area contributed by atoms with Crippen molar-refractivity contribution in [3.8, 4) is 0 Å². The minimum Gasteiger partial charge on any atom is -0.468 e. The van der Waals surface area contributed by atoms with Crippen LogP contribution in [0.5, 0.6) is 0 Å². The van der Waals surface area contributed by atoms with E-state index in [0.717, 1.165) is 18.7 Å². The summed E-state index contributed by atoms with van der Waals surface area (Å²) in [6.45, 7) is 7.68. The monoisotopic (exact) mass is 252 g/mol. The molecule has 0 spiro atoms. The first-order valence-corrected chi connectivity index (χ1v) is 6.67. The van der Waals surface area contributed by atoms with E-state index < -0.39 is 0 Å². The van der Waals surface area contributed by atoms with Crippen LogP contribution in [0.25, 0.3) is 0 Å². The molecule has 102 valence electrons. The van der Waals surface area contributed by atoms with E-state index in [4.69, 9.17) is 4.42 Å². The van der Waals surface area contributed by atoms with Crippen molar-refractivity contribution in [2.45, 2.75) is 39.7 Å². The standard InChI is InChI=1S/C14H24N2O2/c1-4-12(13-6-5-9-18-13)15-8-7-14(17)16-10-11(2)3/h5-6,9,11-12,15H,4,7-8,10H2,1-3H3,(H,16,17). The van der Waals surface area contributed by atoms with Gasteiger partial charge in [0.15, 0.2) is 0 Å². The number of rotatable bonds is 8. The molecule has 0 saturated carbocycles. The molecule has 0 aliphatic rings. The Labute approximate surface area is 109 Å². The molecule has 18 heavy (non-hydrogen) atoms. The first-order valence-electron chi connectivity index (χ1n) is 6.67. The highest BCUT2D eigenvalue weighted by Crippen LogP contribution is 2.16. The van der Waals surface area contributed by atoms with Crippen LogP contribution in [-0.4, -0.2) is 19.0 Å². The molecular formula is C14H24N2O2. The molecule has 1 heterocycles. The van der Waals surface area contributed by atoms with Crippen molar-refractivity contribution in [2.24, 2.45) is 5.92 Å². The summed E-state index contributed by atoms with van der Waals surface area (Å²) in [4.78, 5) is 11.5. The normalized spacial score (nSPS) is 12.7. The molecule has 2 N–H and O–H groups in total. The van der Waals surface area contributed by atoms with Gasteiger partial charge < -0.3 is 15.1 Å². The van der Waals surface area contributed by atoms with Crippen LogP contribution >= 0.6 is 0 Å². The number of amides is 1. The first-order chi connectivity index (χ1) is 8.63. The van der Waals surface area contributed by atoms with Crippen molar-refractivity contribution in [2.75, 3.05) is 13.1 Å². The Morgan fingerprint density at radius 3 is 2.78 bits per heavy atom. The number of carbonyl (C=O) groups excluding carboxylic acids is 1. The molecule has 0 aliphatic heterocycles. The van der Waals surface area contributed by atoms with Gasteiger partial charge in [-0.15, -0.1) is 0 Å². The average molecular weight is 252 g/mol. The number of nitrogens with one attached hydrogen (secondary N) is 2. The van der Waals surface area contributed by atoms with E-state index in [1.54, 1.807) is 6.26 Å². The Hall–Kier alpha value is -1.29. The van der Waals surface area contributed by atoms with E-state index in [-0.39, 0.29) is 11.9 Å². The lowest BCUT2D eigenvalue weighted by atomic mass is 10.1. The van der Waals surface area contributed by atoms with Gasteiger partial charge in [0.05, 0.1) is 12.3 Å². The van der Waals surface area contributed by atoms with E-state index in [1.165, 1.54) is 0 Å². The molecule has 1 aromatic heterocycles. The molecule has 4 heteroatoms. The van der Waals surface area contributed by atoms with Gasteiger partial charge in [-0.1, -0.05) is 20.8 Å². The minimum absolute atomic E-state index is 0.102. The highest BCUT2D eigenvalue weighted by Gasteiger charge is 2.11. The summed E-state index contributed by atoms with van der Waals surface area (Å²) >= 11 is 0. The summed E-state index contributed by atoms with van der Waals surface area (Å²) in [5.74, 6) is 1.53. The summed E-state index contributed by atoms with van der Waals surface area (Å²) in [5.41, 5.74) is 0. The van der Waals surface area contributed by atoms with Gasteiger partial charge in [0.1, 0.15) is 5.76 Å². The Kier molecular flexibility index (Phi) is 6.50. The maximum atomic E-state index is 11.5. The molecule has 1 unspecified atom stereocenters. The molecule has 0 aromatic carbocycles. The van der Waals surface area contributed by atoms with Crippen LogP contribution in [0.4, 0.5) is 0 Å². The number of hydrogen-bond acceptors (Lipinski definition) is 3. The van der Waals surface area contributed by atoms with Crippen molar-refractivity contribution >= 4 is 5.91 Å². The second kappa shape index (κ2) is 7.93. The predicted octanol–water partition coefficient (Wildman–Crippen LogP) is 2.48. The molecule has 0 bridgehead atoms. The average Bonchev–Trinajstić information content (AvgIpc) is 2.85. The minimum atomic E-state index is 0.102. The van der Waals surface area contributed by atoms with Gasteiger partial charge in [-0.2, -0.15) is 0 Å². The van der Waals surface area contributed by atoms with Gasteiger partial charge in [0.25, 0.3) is 0 Å². The Bertz CT molecular complexity index is 334. The number of hydrogen-bond donors (Lipinski definition) is 2. The molecule has 1 rings (SSSR count). The summed E-state index contributed by atoms with van der Waals surface area (Å²) in [5, 5.41) is 6.24. The van der Waals surface area contributed by atoms with E-state index in [1.807, 2.05) is 12.1 Å². The summed E-state index contributed by atoms with van der Waals surface area (Å²) in [6, 6.07) is 4.03. The van der Waals surface area contributed by atoms with Crippen LogP contribution in [0.1, 0.15) is 45.4 Å². The zero-order valence-corrected chi connectivity index (χ0v) is 11.5. The van der Waals surface area contributed by atoms with Crippen LogP contribution in [0.2, 0.25) is 0 Å². The topological polar surface area (TPSA) is 54.3 Å². The predicted molar refractivity (Wildman–Crippen MR) is 72.2 cm³/mol. The fraction of sp³-hybridized carbons (Fsp3) is 0.643. The third-order valence-corrected chi connectivity index (χ3v) is 2.75. The van der Waals surface area contributed by atoms with Gasteiger partial charge >= 0.3 is 0 Å². The summed E-state index contributed by atoms with van der Waals surface area (Å²) in [7, 11) is 0. The Morgan fingerprint density at radius 2 is 2.22 bits per heavy atom. The summed E-state index contributed by atoms with van der Waals surface area (Å²) < 4.78 is 5.36. The molecule has 4 nitrogen and oxygen atoms in total. The highest BCUT2D eigenvalue weighted by atomic mass is 16.3. The van der Waals surface area contributed by atoms with Crippen molar-refractivity contribution < 1.29 is 9.21 Å². The van der Waals surface area contributed by atoms with Gasteiger partial charge in [0.2, 0.25) is 5.91 Å². The Morgan fingerprint density at radius 1 is 1.44 bits per heavy atom. The third-order valence-electron chi connectivity index (χ3n) is 2.75. The second-order valence-corrected chi connectivity index (χ2v) is 4.88. The van der Waals surface area contributed by atoms with E-state index in [2.05, 4.69) is 31.4 Å². The van der Waals surface area contributed by atoms with Crippen LogP contribution < -0.4 is 10.6 Å². The zero-order valence-electron chi connectivity index (χ0n) is 11.5. The van der Waals surface area contributed by atoms with Crippen molar-refractivity contribution in [1.82, 2.24) is 10.6 Å². The van der Waals surface area contributed by atoms with Gasteiger partial charge in [-0.05, 0) is 24.5 Å². The summed E-state index contributed by atoms with van der Waals surface area (Å²) in [6.07, 6.45) is 3.13. The van der Waals surface area contributed by atoms with Gasteiger partial charge in [-0.3, -0.25) is 4.79 Å². The van der Waals surface area contributed by atoms with Crippen LogP contribution in [-0.2, 0) is 4.79 Å². The lowest BCUT2D eigenvalue weighted by molar-refractivity contribution is -0.121. The number of furan rings is 1.